The molecule has 0 saturated carbocycles. The van der Waals surface area contributed by atoms with Crippen molar-refractivity contribution in [2.45, 2.75) is 26.4 Å². The fourth-order valence-corrected chi connectivity index (χ4v) is 1.35. The highest BCUT2D eigenvalue weighted by Gasteiger charge is 2.01. The van der Waals surface area contributed by atoms with Crippen LogP contribution in [-0.4, -0.2) is 18.3 Å². The molecular formula is C14H18O2. The Labute approximate surface area is 97.3 Å². The number of ether oxygens (including phenoxy) is 1. The van der Waals surface area contributed by atoms with Gasteiger partial charge in [-0.2, -0.15) is 0 Å². The summed E-state index contributed by atoms with van der Waals surface area (Å²) in [6.45, 7) is 4.14. The van der Waals surface area contributed by atoms with Crippen molar-refractivity contribution in [3.8, 4) is 17.6 Å². The number of methoxy groups -OCH3 is 1. The number of aliphatic hydroxyl groups excluding tert-OH is 1. The van der Waals surface area contributed by atoms with Crippen LogP contribution in [0.3, 0.4) is 0 Å². The van der Waals surface area contributed by atoms with E-state index < -0.39 is 6.10 Å². The highest BCUT2D eigenvalue weighted by atomic mass is 16.5. The fourth-order valence-electron chi connectivity index (χ4n) is 1.35. The van der Waals surface area contributed by atoms with E-state index in [0.29, 0.717) is 12.3 Å². The third kappa shape index (κ3) is 4.37. The Kier molecular flexibility index (Phi) is 4.88. The highest BCUT2D eigenvalue weighted by Crippen LogP contribution is 2.10. The summed E-state index contributed by atoms with van der Waals surface area (Å²) >= 11 is 0. The van der Waals surface area contributed by atoms with Gasteiger partial charge in [-0.3, -0.25) is 0 Å². The summed E-state index contributed by atoms with van der Waals surface area (Å²) in [5.74, 6) is 7.05. The molecule has 0 aromatic heterocycles. The monoisotopic (exact) mass is 218 g/mol. The van der Waals surface area contributed by atoms with Gasteiger partial charge in [-0.15, -0.1) is 0 Å². The van der Waals surface area contributed by atoms with Gasteiger partial charge in [0.05, 0.1) is 7.11 Å². The first-order chi connectivity index (χ1) is 7.61. The maximum Gasteiger partial charge on any atom is 0.118 e. The van der Waals surface area contributed by atoms with Gasteiger partial charge in [0, 0.05) is 5.56 Å². The second-order valence-electron chi connectivity index (χ2n) is 4.14. The molecule has 0 amide bonds. The maximum atomic E-state index is 9.58. The van der Waals surface area contributed by atoms with Crippen molar-refractivity contribution in [1.29, 1.82) is 0 Å². The molecule has 2 nitrogen and oxygen atoms in total. The second-order valence-corrected chi connectivity index (χ2v) is 4.14. The minimum atomic E-state index is -0.540. The molecule has 1 aromatic rings. The lowest BCUT2D eigenvalue weighted by atomic mass is 10.1. The van der Waals surface area contributed by atoms with Gasteiger partial charge in [-0.1, -0.05) is 25.7 Å². The molecular weight excluding hydrogens is 200 g/mol. The summed E-state index contributed by atoms with van der Waals surface area (Å²) in [6, 6.07) is 7.49. The summed E-state index contributed by atoms with van der Waals surface area (Å²) in [4.78, 5) is 0. The number of hydrogen-bond acceptors (Lipinski definition) is 2. The van der Waals surface area contributed by atoms with E-state index in [-0.39, 0.29) is 0 Å². The van der Waals surface area contributed by atoms with Gasteiger partial charge in [0.2, 0.25) is 0 Å². The van der Waals surface area contributed by atoms with Gasteiger partial charge >= 0.3 is 0 Å². The zero-order valence-electron chi connectivity index (χ0n) is 10.0. The van der Waals surface area contributed by atoms with Crippen molar-refractivity contribution in [1.82, 2.24) is 0 Å². The Balaban J connectivity index is 2.62. The zero-order chi connectivity index (χ0) is 12.0. The van der Waals surface area contributed by atoms with Crippen molar-refractivity contribution in [2.75, 3.05) is 7.11 Å². The highest BCUT2D eigenvalue weighted by molar-refractivity contribution is 5.38. The van der Waals surface area contributed by atoms with E-state index in [1.165, 1.54) is 0 Å². The van der Waals surface area contributed by atoms with Crippen molar-refractivity contribution < 1.29 is 9.84 Å². The summed E-state index contributed by atoms with van der Waals surface area (Å²) in [7, 11) is 1.63. The van der Waals surface area contributed by atoms with Crippen LogP contribution < -0.4 is 4.74 Å². The van der Waals surface area contributed by atoms with E-state index in [1.54, 1.807) is 7.11 Å². The molecule has 0 spiro atoms. The summed E-state index contributed by atoms with van der Waals surface area (Å²) in [5.41, 5.74) is 0.892. The Morgan fingerprint density at radius 2 is 1.88 bits per heavy atom. The van der Waals surface area contributed by atoms with Crippen LogP contribution in [0, 0.1) is 17.8 Å². The zero-order valence-corrected chi connectivity index (χ0v) is 10.0. The molecule has 1 N–H and O–H groups in total. The van der Waals surface area contributed by atoms with Crippen LogP contribution in [0.4, 0.5) is 0 Å². The van der Waals surface area contributed by atoms with E-state index in [0.717, 1.165) is 11.3 Å². The third-order valence-electron chi connectivity index (χ3n) is 2.17. The SMILES string of the molecule is COc1ccc(C#CC(O)CC(C)C)cc1. The van der Waals surface area contributed by atoms with E-state index in [9.17, 15) is 5.11 Å². The molecule has 16 heavy (non-hydrogen) atoms. The summed E-state index contributed by atoms with van der Waals surface area (Å²) in [6.07, 6.45) is 0.172. The molecule has 86 valence electrons. The van der Waals surface area contributed by atoms with Crippen molar-refractivity contribution in [2.24, 2.45) is 5.92 Å². The van der Waals surface area contributed by atoms with Crippen molar-refractivity contribution in [3.63, 3.8) is 0 Å². The first-order valence-electron chi connectivity index (χ1n) is 5.45. The Bertz CT molecular complexity index is 368. The smallest absolute Gasteiger partial charge is 0.118 e. The minimum absolute atomic E-state index is 0.458. The average Bonchev–Trinajstić information content (AvgIpc) is 2.26. The first-order valence-corrected chi connectivity index (χ1v) is 5.45. The molecule has 1 aromatic carbocycles. The molecule has 0 saturated heterocycles. The van der Waals surface area contributed by atoms with E-state index in [1.807, 2.05) is 24.3 Å². The van der Waals surface area contributed by atoms with Crippen LogP contribution in [0.1, 0.15) is 25.8 Å². The predicted octanol–water partition coefficient (Wildman–Crippen LogP) is 2.45. The van der Waals surface area contributed by atoms with Crippen LogP contribution >= 0.6 is 0 Å². The Morgan fingerprint density at radius 1 is 1.25 bits per heavy atom. The Hall–Kier alpha value is -1.46. The topological polar surface area (TPSA) is 29.5 Å². The lowest BCUT2D eigenvalue weighted by molar-refractivity contribution is 0.204. The van der Waals surface area contributed by atoms with Gasteiger partial charge < -0.3 is 9.84 Å². The summed E-state index contributed by atoms with van der Waals surface area (Å²) in [5, 5.41) is 9.58. The van der Waals surface area contributed by atoms with Gasteiger partial charge in [0.15, 0.2) is 0 Å². The lowest BCUT2D eigenvalue weighted by Gasteiger charge is -2.05. The van der Waals surface area contributed by atoms with Crippen molar-refractivity contribution in [3.05, 3.63) is 29.8 Å². The molecule has 2 heteroatoms. The van der Waals surface area contributed by atoms with E-state index in [4.69, 9.17) is 4.74 Å². The largest absolute Gasteiger partial charge is 0.497 e. The third-order valence-corrected chi connectivity index (χ3v) is 2.17. The molecule has 0 aliphatic heterocycles. The van der Waals surface area contributed by atoms with E-state index >= 15 is 0 Å². The van der Waals surface area contributed by atoms with E-state index in [2.05, 4.69) is 25.7 Å². The van der Waals surface area contributed by atoms with Gasteiger partial charge in [-0.25, -0.2) is 0 Å². The normalized spacial score (nSPS) is 11.8. The molecule has 1 rings (SSSR count). The number of aliphatic hydroxyl groups is 1. The van der Waals surface area contributed by atoms with Crippen LogP contribution in [0.25, 0.3) is 0 Å². The maximum absolute atomic E-state index is 9.58. The first kappa shape index (κ1) is 12.6. The van der Waals surface area contributed by atoms with Crippen LogP contribution in [0.2, 0.25) is 0 Å². The van der Waals surface area contributed by atoms with Crippen LogP contribution in [0.5, 0.6) is 5.75 Å². The standard InChI is InChI=1S/C14H18O2/c1-11(2)10-13(15)7-4-12-5-8-14(16-3)9-6-12/h5-6,8-9,11,13,15H,10H2,1-3H3. The van der Waals surface area contributed by atoms with Gasteiger partial charge in [0.1, 0.15) is 11.9 Å². The van der Waals surface area contributed by atoms with Crippen LogP contribution in [0.15, 0.2) is 24.3 Å². The number of rotatable bonds is 3. The molecule has 1 atom stereocenters. The molecule has 0 aliphatic carbocycles. The lowest BCUT2D eigenvalue weighted by Crippen LogP contribution is -2.06. The fraction of sp³-hybridized carbons (Fsp3) is 0.429. The number of hydrogen-bond donors (Lipinski definition) is 1. The number of benzene rings is 1. The van der Waals surface area contributed by atoms with Crippen LogP contribution in [-0.2, 0) is 0 Å². The molecule has 0 heterocycles. The minimum Gasteiger partial charge on any atom is -0.497 e. The quantitative estimate of drug-likeness (QED) is 0.790. The summed E-state index contributed by atoms with van der Waals surface area (Å²) < 4.78 is 5.05. The second kappa shape index (κ2) is 6.19. The average molecular weight is 218 g/mol. The van der Waals surface area contributed by atoms with Gasteiger partial charge in [0.25, 0.3) is 0 Å². The Morgan fingerprint density at radius 3 is 2.38 bits per heavy atom. The molecule has 0 radical (unpaired) electrons. The predicted molar refractivity (Wildman–Crippen MR) is 65.3 cm³/mol. The molecule has 1 unspecified atom stereocenters. The molecule has 0 bridgehead atoms. The van der Waals surface area contributed by atoms with Gasteiger partial charge in [-0.05, 0) is 36.6 Å². The van der Waals surface area contributed by atoms with Crippen molar-refractivity contribution >= 4 is 0 Å². The molecule has 0 aliphatic rings. The molecule has 0 fully saturated rings.